The number of aryl methyl sites for hydroxylation is 1. The van der Waals surface area contributed by atoms with Crippen molar-refractivity contribution in [1.82, 2.24) is 0 Å². The average molecular weight is 256 g/mol. The lowest BCUT2D eigenvalue weighted by Crippen LogP contribution is -2.35. The maximum atomic E-state index is 10.4. The lowest BCUT2D eigenvalue weighted by Gasteiger charge is -2.30. The van der Waals surface area contributed by atoms with Crippen molar-refractivity contribution in [1.29, 1.82) is 0 Å². The monoisotopic (exact) mass is 256 g/mol. The molecule has 0 radical (unpaired) electrons. The third-order valence-electron chi connectivity index (χ3n) is 3.36. The number of ether oxygens (including phenoxy) is 2. The molecule has 19 heavy (non-hydrogen) atoms. The van der Waals surface area contributed by atoms with E-state index in [1.165, 1.54) is 0 Å². The Morgan fingerprint density at radius 2 is 1.84 bits per heavy atom. The maximum absolute atomic E-state index is 10.4. The van der Waals surface area contributed by atoms with Crippen molar-refractivity contribution in [2.75, 3.05) is 6.61 Å². The summed E-state index contributed by atoms with van der Waals surface area (Å²) in [5.74, 6) is 1.52. The quantitative estimate of drug-likeness (QED) is 0.898. The Morgan fingerprint density at radius 1 is 1.11 bits per heavy atom. The van der Waals surface area contributed by atoms with Crippen LogP contribution in [0.4, 0.5) is 0 Å². The van der Waals surface area contributed by atoms with Crippen molar-refractivity contribution in [2.45, 2.75) is 19.1 Å². The Bertz CT molecular complexity index is 580. The van der Waals surface area contributed by atoms with Gasteiger partial charge < -0.3 is 14.6 Å². The molecular formula is C16H16O3. The van der Waals surface area contributed by atoms with Crippen LogP contribution in [0.3, 0.4) is 0 Å². The highest BCUT2D eigenvalue weighted by Crippen LogP contribution is 2.34. The molecule has 0 aromatic heterocycles. The molecule has 1 aliphatic rings. The Kier molecular flexibility index (Phi) is 3.13. The Hall–Kier alpha value is -2.00. The molecule has 0 amide bonds. The predicted molar refractivity (Wildman–Crippen MR) is 72.5 cm³/mol. The summed E-state index contributed by atoms with van der Waals surface area (Å²) in [6.07, 6.45) is -1.04. The van der Waals surface area contributed by atoms with Gasteiger partial charge in [0.15, 0.2) is 6.10 Å². The summed E-state index contributed by atoms with van der Waals surface area (Å²) in [5, 5.41) is 10.4. The molecule has 1 heterocycles. The van der Waals surface area contributed by atoms with Crippen LogP contribution >= 0.6 is 0 Å². The number of benzene rings is 2. The largest absolute Gasteiger partial charge is 0.489 e. The molecule has 0 spiro atoms. The molecule has 3 heteroatoms. The molecule has 3 rings (SSSR count). The Labute approximate surface area is 112 Å². The second kappa shape index (κ2) is 4.94. The molecule has 2 unspecified atom stereocenters. The molecule has 98 valence electrons. The van der Waals surface area contributed by atoms with Crippen LogP contribution < -0.4 is 9.47 Å². The summed E-state index contributed by atoms with van der Waals surface area (Å²) in [7, 11) is 0. The maximum Gasteiger partial charge on any atom is 0.163 e. The van der Waals surface area contributed by atoms with Crippen LogP contribution in [0.1, 0.15) is 17.2 Å². The van der Waals surface area contributed by atoms with Gasteiger partial charge in [-0.2, -0.15) is 0 Å². The van der Waals surface area contributed by atoms with E-state index < -0.39 is 6.10 Å². The molecule has 2 aromatic rings. The first-order valence-corrected chi connectivity index (χ1v) is 6.38. The first-order chi connectivity index (χ1) is 9.25. The van der Waals surface area contributed by atoms with Crippen LogP contribution in [0, 0.1) is 6.92 Å². The standard InChI is InChI=1S/C16H16O3/c1-11-6-2-4-8-13(11)19-15-10-18-14-9-5-3-7-12(14)16(15)17/h2-9,15-17H,10H2,1H3. The molecule has 0 aliphatic carbocycles. The fourth-order valence-electron chi connectivity index (χ4n) is 2.27. The molecule has 1 N–H and O–H groups in total. The van der Waals surface area contributed by atoms with Crippen LogP contribution in [-0.2, 0) is 0 Å². The molecule has 2 aromatic carbocycles. The first-order valence-electron chi connectivity index (χ1n) is 6.38. The summed E-state index contributed by atoms with van der Waals surface area (Å²) in [6, 6.07) is 15.3. The molecule has 0 bridgehead atoms. The smallest absolute Gasteiger partial charge is 0.163 e. The van der Waals surface area contributed by atoms with Crippen LogP contribution in [0.25, 0.3) is 0 Å². The van der Waals surface area contributed by atoms with Gasteiger partial charge in [-0.15, -0.1) is 0 Å². The van der Waals surface area contributed by atoms with Gasteiger partial charge in [0.25, 0.3) is 0 Å². The van der Waals surface area contributed by atoms with Crippen molar-refractivity contribution >= 4 is 0 Å². The van der Waals surface area contributed by atoms with Crippen LogP contribution in [0.15, 0.2) is 48.5 Å². The zero-order valence-corrected chi connectivity index (χ0v) is 10.7. The number of para-hydroxylation sites is 2. The van der Waals surface area contributed by atoms with Gasteiger partial charge in [-0.3, -0.25) is 0 Å². The fourth-order valence-corrected chi connectivity index (χ4v) is 2.27. The topological polar surface area (TPSA) is 38.7 Å². The zero-order valence-electron chi connectivity index (χ0n) is 10.7. The summed E-state index contributed by atoms with van der Waals surface area (Å²) >= 11 is 0. The van der Waals surface area contributed by atoms with Gasteiger partial charge in [0.05, 0.1) is 0 Å². The molecule has 2 atom stereocenters. The van der Waals surface area contributed by atoms with Crippen molar-refractivity contribution in [3.05, 3.63) is 59.7 Å². The van der Waals surface area contributed by atoms with Gasteiger partial charge in [-0.25, -0.2) is 0 Å². The highest BCUT2D eigenvalue weighted by Gasteiger charge is 2.30. The van der Waals surface area contributed by atoms with E-state index >= 15 is 0 Å². The van der Waals surface area contributed by atoms with Crippen molar-refractivity contribution in [3.8, 4) is 11.5 Å². The van der Waals surface area contributed by atoms with Gasteiger partial charge in [-0.1, -0.05) is 36.4 Å². The van der Waals surface area contributed by atoms with Crippen molar-refractivity contribution in [3.63, 3.8) is 0 Å². The van der Waals surface area contributed by atoms with E-state index in [1.54, 1.807) is 0 Å². The van der Waals surface area contributed by atoms with Gasteiger partial charge in [-0.05, 0) is 24.6 Å². The van der Waals surface area contributed by atoms with E-state index in [4.69, 9.17) is 9.47 Å². The van der Waals surface area contributed by atoms with Gasteiger partial charge in [0.1, 0.15) is 24.2 Å². The number of aliphatic hydroxyl groups is 1. The first kappa shape index (κ1) is 12.1. The number of rotatable bonds is 2. The van der Waals surface area contributed by atoms with E-state index in [-0.39, 0.29) is 6.10 Å². The van der Waals surface area contributed by atoms with E-state index in [0.29, 0.717) is 6.61 Å². The van der Waals surface area contributed by atoms with E-state index in [2.05, 4.69) is 0 Å². The molecule has 3 nitrogen and oxygen atoms in total. The third-order valence-corrected chi connectivity index (χ3v) is 3.36. The third kappa shape index (κ3) is 2.29. The zero-order chi connectivity index (χ0) is 13.2. The normalized spacial score (nSPS) is 21.4. The minimum absolute atomic E-state index is 0.354. The highest BCUT2D eigenvalue weighted by atomic mass is 16.5. The van der Waals surface area contributed by atoms with Crippen LogP contribution in [0.2, 0.25) is 0 Å². The van der Waals surface area contributed by atoms with E-state index in [1.807, 2.05) is 55.5 Å². The minimum Gasteiger partial charge on any atom is -0.489 e. The highest BCUT2D eigenvalue weighted by molar-refractivity contribution is 5.38. The molecule has 0 fully saturated rings. The van der Waals surface area contributed by atoms with Gasteiger partial charge >= 0.3 is 0 Å². The number of fused-ring (bicyclic) bond motifs is 1. The lowest BCUT2D eigenvalue weighted by atomic mass is 10.0. The molecular weight excluding hydrogens is 240 g/mol. The average Bonchev–Trinajstić information content (AvgIpc) is 2.44. The summed E-state index contributed by atoms with van der Waals surface area (Å²) in [5.41, 5.74) is 1.83. The Balaban J connectivity index is 1.83. The van der Waals surface area contributed by atoms with Gasteiger partial charge in [0.2, 0.25) is 0 Å². The molecule has 1 aliphatic heterocycles. The second-order valence-corrected chi connectivity index (χ2v) is 4.72. The number of aliphatic hydroxyl groups excluding tert-OH is 1. The predicted octanol–water partition coefficient (Wildman–Crippen LogP) is 2.87. The minimum atomic E-state index is -0.662. The summed E-state index contributed by atoms with van der Waals surface area (Å²) in [6.45, 7) is 2.34. The second-order valence-electron chi connectivity index (χ2n) is 4.72. The van der Waals surface area contributed by atoms with Gasteiger partial charge in [0, 0.05) is 5.56 Å². The number of hydrogen-bond acceptors (Lipinski definition) is 3. The number of hydrogen-bond donors (Lipinski definition) is 1. The van der Waals surface area contributed by atoms with E-state index in [9.17, 15) is 5.11 Å². The Morgan fingerprint density at radius 3 is 2.68 bits per heavy atom. The molecule has 0 saturated heterocycles. The van der Waals surface area contributed by atoms with Crippen LogP contribution in [-0.4, -0.2) is 17.8 Å². The molecule has 0 saturated carbocycles. The summed E-state index contributed by atoms with van der Waals surface area (Å²) in [4.78, 5) is 0. The SMILES string of the molecule is Cc1ccccc1OC1COc2ccccc2C1O. The van der Waals surface area contributed by atoms with Crippen molar-refractivity contribution in [2.24, 2.45) is 0 Å². The van der Waals surface area contributed by atoms with Crippen molar-refractivity contribution < 1.29 is 14.6 Å². The van der Waals surface area contributed by atoms with E-state index in [0.717, 1.165) is 22.6 Å². The van der Waals surface area contributed by atoms with Crippen LogP contribution in [0.5, 0.6) is 11.5 Å². The lowest BCUT2D eigenvalue weighted by molar-refractivity contribution is -0.0105. The summed E-state index contributed by atoms with van der Waals surface area (Å²) < 4.78 is 11.5. The fraction of sp³-hybridized carbons (Fsp3) is 0.250.